The zero-order valence-corrected chi connectivity index (χ0v) is 15.1. The molecule has 0 heterocycles. The summed E-state index contributed by atoms with van der Waals surface area (Å²) in [4.78, 5) is 14.7. The molecule has 4 heteroatoms. The number of methoxy groups -OCH3 is 1. The number of carbonyl (C=O) groups excluding carboxylic acids is 1. The Labute approximate surface area is 150 Å². The number of ether oxygens (including phenoxy) is 1. The van der Waals surface area contributed by atoms with Gasteiger partial charge in [-0.2, -0.15) is 0 Å². The number of hydrogen-bond donors (Lipinski definition) is 1. The van der Waals surface area contributed by atoms with Gasteiger partial charge < -0.3 is 15.0 Å². The van der Waals surface area contributed by atoms with Gasteiger partial charge in [0.15, 0.2) is 0 Å². The molecule has 25 heavy (non-hydrogen) atoms. The fourth-order valence-electron chi connectivity index (χ4n) is 2.72. The van der Waals surface area contributed by atoms with Crippen LogP contribution in [0.5, 0.6) is 5.75 Å². The number of anilines is 1. The SMILES string of the molecule is C=CC(C(C)C)N(Cc1ccccc1)C(=O)Nc1ccc(OC)cc1. The average Bonchev–Trinajstić information content (AvgIpc) is 2.62. The highest BCUT2D eigenvalue weighted by atomic mass is 16.5. The minimum absolute atomic E-state index is 0.0570. The summed E-state index contributed by atoms with van der Waals surface area (Å²) in [6, 6.07) is 17.1. The van der Waals surface area contributed by atoms with E-state index in [1.807, 2.05) is 65.6 Å². The van der Waals surface area contributed by atoms with Crippen LogP contribution in [0.15, 0.2) is 67.3 Å². The molecule has 0 spiro atoms. The molecule has 0 radical (unpaired) electrons. The Hall–Kier alpha value is -2.75. The summed E-state index contributed by atoms with van der Waals surface area (Å²) in [6.45, 7) is 8.62. The number of nitrogens with zero attached hydrogens (tertiary/aromatic N) is 1. The van der Waals surface area contributed by atoms with Gasteiger partial charge in [0.1, 0.15) is 5.75 Å². The molecule has 0 aliphatic carbocycles. The second-order valence-corrected chi connectivity index (χ2v) is 6.24. The van der Waals surface area contributed by atoms with E-state index in [0.29, 0.717) is 6.54 Å². The van der Waals surface area contributed by atoms with E-state index in [1.165, 1.54) is 0 Å². The summed E-state index contributed by atoms with van der Waals surface area (Å²) in [5, 5.41) is 2.97. The lowest BCUT2D eigenvalue weighted by molar-refractivity contribution is 0.181. The van der Waals surface area contributed by atoms with E-state index in [2.05, 4.69) is 25.7 Å². The quantitative estimate of drug-likeness (QED) is 0.727. The van der Waals surface area contributed by atoms with Crippen LogP contribution in [0.1, 0.15) is 19.4 Å². The third-order valence-electron chi connectivity index (χ3n) is 4.08. The number of hydrogen-bond acceptors (Lipinski definition) is 2. The Kier molecular flexibility index (Phi) is 6.63. The Morgan fingerprint density at radius 1 is 1.16 bits per heavy atom. The molecule has 0 saturated carbocycles. The van der Waals surface area contributed by atoms with Gasteiger partial charge in [-0.25, -0.2) is 4.79 Å². The minimum Gasteiger partial charge on any atom is -0.497 e. The highest BCUT2D eigenvalue weighted by Gasteiger charge is 2.24. The van der Waals surface area contributed by atoms with Gasteiger partial charge in [0, 0.05) is 12.2 Å². The van der Waals surface area contributed by atoms with Gasteiger partial charge in [-0.15, -0.1) is 6.58 Å². The van der Waals surface area contributed by atoms with Gasteiger partial charge in [0.25, 0.3) is 0 Å². The largest absolute Gasteiger partial charge is 0.497 e. The third kappa shape index (κ3) is 5.11. The second kappa shape index (κ2) is 8.92. The standard InChI is InChI=1S/C21H26N2O2/c1-5-20(16(2)3)23(15-17-9-7-6-8-10-17)21(24)22-18-11-13-19(25-4)14-12-18/h5-14,16,20H,1,15H2,2-4H3,(H,22,24). The lowest BCUT2D eigenvalue weighted by Gasteiger charge is -2.32. The monoisotopic (exact) mass is 338 g/mol. The van der Waals surface area contributed by atoms with Crippen LogP contribution in [0.3, 0.4) is 0 Å². The summed E-state index contributed by atoms with van der Waals surface area (Å²) >= 11 is 0. The van der Waals surface area contributed by atoms with E-state index >= 15 is 0 Å². The van der Waals surface area contributed by atoms with Crippen molar-refractivity contribution in [3.63, 3.8) is 0 Å². The molecule has 1 unspecified atom stereocenters. The first kappa shape index (κ1) is 18.6. The number of nitrogens with one attached hydrogen (secondary N) is 1. The van der Waals surface area contributed by atoms with Gasteiger partial charge in [-0.1, -0.05) is 50.3 Å². The van der Waals surface area contributed by atoms with Crippen LogP contribution in [0.25, 0.3) is 0 Å². The molecule has 0 bridgehead atoms. The molecule has 2 rings (SSSR count). The van der Waals surface area contributed by atoms with E-state index in [9.17, 15) is 4.79 Å². The molecule has 0 aliphatic rings. The summed E-state index contributed by atoms with van der Waals surface area (Å²) in [5.41, 5.74) is 1.82. The fraction of sp³-hybridized carbons (Fsp3) is 0.286. The van der Waals surface area contributed by atoms with Crippen LogP contribution in [0, 0.1) is 5.92 Å². The van der Waals surface area contributed by atoms with Crippen molar-refractivity contribution in [3.05, 3.63) is 72.8 Å². The summed E-state index contributed by atoms with van der Waals surface area (Å²) < 4.78 is 5.15. The number of amides is 2. The van der Waals surface area contributed by atoms with E-state index < -0.39 is 0 Å². The maximum absolute atomic E-state index is 12.9. The molecule has 0 saturated heterocycles. The zero-order valence-electron chi connectivity index (χ0n) is 15.1. The number of benzene rings is 2. The summed E-state index contributed by atoms with van der Waals surface area (Å²) in [5.74, 6) is 1.02. The lowest BCUT2D eigenvalue weighted by Crippen LogP contribution is -2.44. The van der Waals surface area contributed by atoms with Crippen molar-refractivity contribution in [2.75, 3.05) is 12.4 Å². The highest BCUT2D eigenvalue weighted by molar-refractivity contribution is 5.89. The topological polar surface area (TPSA) is 41.6 Å². The van der Waals surface area contributed by atoms with E-state index in [0.717, 1.165) is 17.0 Å². The van der Waals surface area contributed by atoms with Crippen molar-refractivity contribution < 1.29 is 9.53 Å². The summed E-state index contributed by atoms with van der Waals surface area (Å²) in [7, 11) is 1.62. The number of urea groups is 1. The number of rotatable bonds is 7. The minimum atomic E-state index is -0.146. The Morgan fingerprint density at radius 3 is 2.32 bits per heavy atom. The molecule has 0 aliphatic heterocycles. The van der Waals surface area contributed by atoms with Crippen molar-refractivity contribution in [1.29, 1.82) is 0 Å². The molecule has 0 fully saturated rings. The normalized spacial score (nSPS) is 11.7. The van der Waals surface area contributed by atoms with Crippen LogP contribution < -0.4 is 10.1 Å². The predicted molar refractivity (Wildman–Crippen MR) is 103 cm³/mol. The smallest absolute Gasteiger partial charge is 0.322 e. The predicted octanol–water partition coefficient (Wildman–Crippen LogP) is 4.94. The first-order chi connectivity index (χ1) is 12.0. The van der Waals surface area contributed by atoms with Crippen molar-refractivity contribution >= 4 is 11.7 Å². The lowest BCUT2D eigenvalue weighted by atomic mass is 10.0. The maximum Gasteiger partial charge on any atom is 0.322 e. The van der Waals surface area contributed by atoms with Crippen molar-refractivity contribution in [3.8, 4) is 5.75 Å². The fourth-order valence-corrected chi connectivity index (χ4v) is 2.72. The van der Waals surface area contributed by atoms with Crippen LogP contribution in [-0.4, -0.2) is 24.1 Å². The van der Waals surface area contributed by atoms with Crippen molar-refractivity contribution in [2.24, 2.45) is 5.92 Å². The maximum atomic E-state index is 12.9. The first-order valence-corrected chi connectivity index (χ1v) is 8.43. The number of carbonyl (C=O) groups is 1. The van der Waals surface area contributed by atoms with Crippen LogP contribution in [0.2, 0.25) is 0 Å². The Bertz CT molecular complexity index is 681. The Balaban J connectivity index is 2.20. The molecule has 1 N–H and O–H groups in total. The molecule has 132 valence electrons. The van der Waals surface area contributed by atoms with E-state index in [4.69, 9.17) is 4.74 Å². The van der Waals surface area contributed by atoms with Gasteiger partial charge >= 0.3 is 6.03 Å². The first-order valence-electron chi connectivity index (χ1n) is 8.43. The third-order valence-corrected chi connectivity index (χ3v) is 4.08. The molecule has 0 aromatic heterocycles. The average molecular weight is 338 g/mol. The second-order valence-electron chi connectivity index (χ2n) is 6.24. The Morgan fingerprint density at radius 2 is 1.80 bits per heavy atom. The van der Waals surface area contributed by atoms with E-state index in [1.54, 1.807) is 7.11 Å². The van der Waals surface area contributed by atoms with Gasteiger partial charge in [-0.05, 0) is 35.7 Å². The molecule has 2 aromatic carbocycles. The summed E-state index contributed by atoms with van der Waals surface area (Å²) in [6.07, 6.45) is 1.83. The molecule has 4 nitrogen and oxygen atoms in total. The molecule has 2 amide bonds. The van der Waals surface area contributed by atoms with Gasteiger partial charge in [0.2, 0.25) is 0 Å². The molecule has 1 atom stereocenters. The van der Waals surface area contributed by atoms with Crippen molar-refractivity contribution in [1.82, 2.24) is 4.90 Å². The highest BCUT2D eigenvalue weighted by Crippen LogP contribution is 2.20. The molecule has 2 aromatic rings. The van der Waals surface area contributed by atoms with Crippen LogP contribution in [-0.2, 0) is 6.54 Å². The zero-order chi connectivity index (χ0) is 18.2. The van der Waals surface area contributed by atoms with Gasteiger partial charge in [-0.3, -0.25) is 0 Å². The van der Waals surface area contributed by atoms with E-state index in [-0.39, 0.29) is 18.0 Å². The van der Waals surface area contributed by atoms with Crippen molar-refractivity contribution in [2.45, 2.75) is 26.4 Å². The van der Waals surface area contributed by atoms with Gasteiger partial charge in [0.05, 0.1) is 13.2 Å². The van der Waals surface area contributed by atoms with Crippen LogP contribution >= 0.6 is 0 Å². The molecular weight excluding hydrogens is 312 g/mol. The molecular formula is C21H26N2O2. The van der Waals surface area contributed by atoms with Crippen LogP contribution in [0.4, 0.5) is 10.5 Å².